The van der Waals surface area contributed by atoms with E-state index in [1.54, 1.807) is 7.11 Å². The largest absolute Gasteiger partial charge is 0.384 e. The maximum atomic E-state index is 13.2. The minimum absolute atomic E-state index is 0.0991. The number of carbonyl (C=O) groups excluding carboxylic acids is 1. The van der Waals surface area contributed by atoms with Gasteiger partial charge in [-0.05, 0) is 50.6 Å². The van der Waals surface area contributed by atoms with Crippen LogP contribution in [0.1, 0.15) is 44.3 Å². The van der Waals surface area contributed by atoms with Gasteiger partial charge in [-0.25, -0.2) is 4.98 Å². The van der Waals surface area contributed by atoms with Crippen molar-refractivity contribution in [2.75, 3.05) is 26.8 Å². The minimum Gasteiger partial charge on any atom is -0.384 e. The second-order valence-electron chi connectivity index (χ2n) is 8.42. The summed E-state index contributed by atoms with van der Waals surface area (Å²) in [6.07, 6.45) is 10.1. The number of methoxy groups -OCH3 is 1. The molecule has 6 heteroatoms. The molecule has 1 aromatic heterocycles. The number of hydrogen-bond acceptors (Lipinski definition) is 4. The molecular weight excluding hydrogens is 316 g/mol. The summed E-state index contributed by atoms with van der Waals surface area (Å²) in [4.78, 5) is 19.8. The van der Waals surface area contributed by atoms with Crippen LogP contribution in [-0.2, 0) is 23.1 Å². The van der Waals surface area contributed by atoms with Gasteiger partial charge in [0.25, 0.3) is 0 Å². The number of hydrogen-bond donors (Lipinski definition) is 1. The second kappa shape index (κ2) is 6.40. The first-order valence-electron chi connectivity index (χ1n) is 9.53. The lowest BCUT2D eigenvalue weighted by atomic mass is 9.93. The predicted molar refractivity (Wildman–Crippen MR) is 94.9 cm³/mol. The molecule has 2 aliphatic carbocycles. The molecule has 3 aliphatic rings. The van der Waals surface area contributed by atoms with Crippen LogP contribution in [0.15, 0.2) is 12.4 Å². The molecule has 1 saturated heterocycles. The fourth-order valence-corrected chi connectivity index (χ4v) is 4.58. The van der Waals surface area contributed by atoms with E-state index in [2.05, 4.69) is 15.2 Å². The minimum atomic E-state index is 0.0991. The van der Waals surface area contributed by atoms with Gasteiger partial charge in [0.15, 0.2) is 0 Å². The van der Waals surface area contributed by atoms with Gasteiger partial charge in [-0.2, -0.15) is 0 Å². The monoisotopic (exact) mass is 346 g/mol. The van der Waals surface area contributed by atoms with E-state index in [0.717, 1.165) is 38.2 Å². The summed E-state index contributed by atoms with van der Waals surface area (Å²) in [5.41, 5.74) is 0.450. The molecule has 1 atom stereocenters. The number of amides is 1. The molecule has 1 N–H and O–H groups in total. The van der Waals surface area contributed by atoms with E-state index in [9.17, 15) is 4.79 Å². The van der Waals surface area contributed by atoms with Gasteiger partial charge in [0.2, 0.25) is 5.91 Å². The molecular formula is C19H30N4O2. The number of aryl methyl sites for hydroxylation is 1. The summed E-state index contributed by atoms with van der Waals surface area (Å²) in [5.74, 6) is 1.26. The highest BCUT2D eigenvalue weighted by Gasteiger charge is 2.58. The van der Waals surface area contributed by atoms with Crippen LogP contribution in [0, 0.1) is 10.8 Å². The van der Waals surface area contributed by atoms with Crippen molar-refractivity contribution in [3.8, 4) is 0 Å². The fraction of sp³-hybridized carbons (Fsp3) is 0.789. The highest BCUT2D eigenvalue weighted by molar-refractivity contribution is 5.78. The molecule has 1 amide bonds. The van der Waals surface area contributed by atoms with Gasteiger partial charge in [0.1, 0.15) is 5.82 Å². The number of aromatic nitrogens is 2. The third kappa shape index (κ3) is 3.34. The Kier molecular flexibility index (Phi) is 4.36. The Hall–Kier alpha value is -1.40. The van der Waals surface area contributed by atoms with Crippen LogP contribution in [-0.4, -0.2) is 53.2 Å². The standard InChI is InChI=1S/C19H30N4O2/c1-22-10-9-21-16(22)13-23(15-11-19(15)5-7-20-8-6-19)17(24)12-18(3-4-18)14-25-2/h9-10,15,20H,3-8,11-14H2,1-2H3. The van der Waals surface area contributed by atoms with Gasteiger partial charge >= 0.3 is 0 Å². The summed E-state index contributed by atoms with van der Waals surface area (Å²) < 4.78 is 7.39. The third-order valence-corrected chi connectivity index (χ3v) is 6.61. The lowest BCUT2D eigenvalue weighted by molar-refractivity contribution is -0.135. The first kappa shape index (κ1) is 17.0. The van der Waals surface area contributed by atoms with Crippen molar-refractivity contribution < 1.29 is 9.53 Å². The molecule has 1 aliphatic heterocycles. The van der Waals surface area contributed by atoms with Crippen LogP contribution in [0.4, 0.5) is 0 Å². The average molecular weight is 346 g/mol. The van der Waals surface area contributed by atoms with Gasteiger partial charge < -0.3 is 19.5 Å². The lowest BCUT2D eigenvalue weighted by Gasteiger charge is -2.30. The van der Waals surface area contributed by atoms with E-state index in [1.165, 1.54) is 12.8 Å². The topological polar surface area (TPSA) is 59.4 Å². The van der Waals surface area contributed by atoms with Crippen LogP contribution >= 0.6 is 0 Å². The molecule has 0 aromatic carbocycles. The number of imidazole rings is 1. The number of nitrogens with zero attached hydrogens (tertiary/aromatic N) is 3. The molecule has 2 heterocycles. The van der Waals surface area contributed by atoms with Gasteiger partial charge in [-0.15, -0.1) is 0 Å². The Morgan fingerprint density at radius 1 is 1.40 bits per heavy atom. The van der Waals surface area contributed by atoms with Crippen molar-refractivity contribution in [1.29, 1.82) is 0 Å². The number of ether oxygens (including phenoxy) is 1. The molecule has 3 fully saturated rings. The SMILES string of the molecule is COCC1(CC(=O)N(Cc2nccn2C)C2CC23CCNCC3)CC1. The maximum absolute atomic E-state index is 13.2. The Labute approximate surface area is 149 Å². The van der Waals surface area contributed by atoms with Gasteiger partial charge in [0.05, 0.1) is 13.2 Å². The molecule has 138 valence electrons. The highest BCUT2D eigenvalue weighted by atomic mass is 16.5. The zero-order valence-electron chi connectivity index (χ0n) is 15.5. The summed E-state index contributed by atoms with van der Waals surface area (Å²) in [5, 5.41) is 3.45. The van der Waals surface area contributed by atoms with Crippen LogP contribution in [0.25, 0.3) is 0 Å². The van der Waals surface area contributed by atoms with Crippen molar-refractivity contribution in [3.05, 3.63) is 18.2 Å². The van der Waals surface area contributed by atoms with E-state index in [1.807, 2.05) is 24.0 Å². The summed E-state index contributed by atoms with van der Waals surface area (Å²) in [7, 11) is 3.74. The Morgan fingerprint density at radius 2 is 2.16 bits per heavy atom. The second-order valence-corrected chi connectivity index (χ2v) is 8.42. The lowest BCUT2D eigenvalue weighted by Crippen LogP contribution is -2.40. The van der Waals surface area contributed by atoms with Crippen LogP contribution in [0.3, 0.4) is 0 Å². The van der Waals surface area contributed by atoms with Crippen LogP contribution in [0.5, 0.6) is 0 Å². The number of piperidine rings is 1. The molecule has 2 saturated carbocycles. The summed E-state index contributed by atoms with van der Waals surface area (Å²) in [6, 6.07) is 0.386. The predicted octanol–water partition coefficient (Wildman–Crippen LogP) is 1.71. The summed E-state index contributed by atoms with van der Waals surface area (Å²) in [6.45, 7) is 3.49. The average Bonchev–Trinajstić information content (AvgIpc) is 3.46. The third-order valence-electron chi connectivity index (χ3n) is 6.61. The van der Waals surface area contributed by atoms with Crippen molar-refractivity contribution >= 4 is 5.91 Å². The smallest absolute Gasteiger partial charge is 0.223 e. The molecule has 1 spiro atoms. The number of carbonyl (C=O) groups is 1. The van der Waals surface area contributed by atoms with E-state index in [4.69, 9.17) is 4.74 Å². The maximum Gasteiger partial charge on any atom is 0.223 e. The fourth-order valence-electron chi connectivity index (χ4n) is 4.58. The van der Waals surface area contributed by atoms with Crippen molar-refractivity contribution in [2.24, 2.45) is 17.9 Å². The molecule has 25 heavy (non-hydrogen) atoms. The van der Waals surface area contributed by atoms with Crippen molar-refractivity contribution in [1.82, 2.24) is 19.8 Å². The van der Waals surface area contributed by atoms with Crippen molar-refractivity contribution in [2.45, 2.75) is 51.1 Å². The highest BCUT2D eigenvalue weighted by Crippen LogP contribution is 2.57. The Morgan fingerprint density at radius 3 is 2.76 bits per heavy atom. The molecule has 1 aromatic rings. The zero-order chi connectivity index (χ0) is 17.5. The van der Waals surface area contributed by atoms with Crippen LogP contribution in [0.2, 0.25) is 0 Å². The summed E-state index contributed by atoms with van der Waals surface area (Å²) >= 11 is 0. The first-order valence-corrected chi connectivity index (χ1v) is 9.53. The first-order chi connectivity index (χ1) is 12.1. The molecule has 0 bridgehead atoms. The molecule has 1 unspecified atom stereocenters. The van der Waals surface area contributed by atoms with Crippen LogP contribution < -0.4 is 5.32 Å². The number of rotatable bonds is 7. The molecule has 0 radical (unpaired) electrons. The van der Waals surface area contributed by atoms with E-state index >= 15 is 0 Å². The normalized spacial score (nSPS) is 25.8. The van der Waals surface area contributed by atoms with Gasteiger partial charge in [-0.1, -0.05) is 0 Å². The van der Waals surface area contributed by atoms with E-state index < -0.39 is 0 Å². The zero-order valence-corrected chi connectivity index (χ0v) is 15.5. The van der Waals surface area contributed by atoms with Gasteiger partial charge in [-0.3, -0.25) is 4.79 Å². The quantitative estimate of drug-likeness (QED) is 0.816. The molecule has 6 nitrogen and oxygen atoms in total. The molecule has 4 rings (SSSR count). The Balaban J connectivity index is 1.50. The van der Waals surface area contributed by atoms with E-state index in [0.29, 0.717) is 31.0 Å². The van der Waals surface area contributed by atoms with Gasteiger partial charge in [0, 0.05) is 44.4 Å². The van der Waals surface area contributed by atoms with E-state index in [-0.39, 0.29) is 11.3 Å². The van der Waals surface area contributed by atoms with Crippen molar-refractivity contribution in [3.63, 3.8) is 0 Å². The number of nitrogens with one attached hydrogen (secondary N) is 1. The Bertz CT molecular complexity index is 631.